The van der Waals surface area contributed by atoms with E-state index in [2.05, 4.69) is 15.6 Å². The predicted molar refractivity (Wildman–Crippen MR) is 74.9 cm³/mol. The number of urea groups is 1. The largest absolute Gasteiger partial charge is 0.351 e. The monoisotopic (exact) mass is 284 g/mol. The Morgan fingerprint density at radius 3 is 2.63 bits per heavy atom. The number of thiazole rings is 1. The van der Waals surface area contributed by atoms with E-state index in [-0.39, 0.29) is 11.9 Å². The first-order chi connectivity index (χ1) is 8.93. The molecule has 0 aliphatic rings. The zero-order chi connectivity index (χ0) is 14.4. The molecule has 0 bridgehead atoms. The van der Waals surface area contributed by atoms with Gasteiger partial charge in [-0.2, -0.15) is 0 Å². The van der Waals surface area contributed by atoms with Crippen molar-refractivity contribution in [2.45, 2.75) is 33.9 Å². The average molecular weight is 284 g/mol. The van der Waals surface area contributed by atoms with Gasteiger partial charge in [-0.05, 0) is 13.8 Å². The maximum absolute atomic E-state index is 11.6. The molecule has 1 aromatic rings. The number of amides is 3. The van der Waals surface area contributed by atoms with Crippen molar-refractivity contribution in [3.63, 3.8) is 0 Å². The Morgan fingerprint density at radius 2 is 2.05 bits per heavy atom. The zero-order valence-corrected chi connectivity index (χ0v) is 12.6. The van der Waals surface area contributed by atoms with Crippen LogP contribution in [0.2, 0.25) is 0 Å². The molecule has 3 amide bonds. The normalized spacial score (nSPS) is 10.1. The number of carbonyl (C=O) groups excluding carboxylic acids is 2. The molecule has 1 rings (SSSR count). The minimum Gasteiger partial charge on any atom is -0.351 e. The number of nitrogens with zero attached hydrogens (tertiary/aromatic N) is 2. The first-order valence-electron chi connectivity index (χ1n) is 6.12. The molecule has 1 aromatic heterocycles. The van der Waals surface area contributed by atoms with Gasteiger partial charge in [0.1, 0.15) is 5.01 Å². The standard InChI is InChI=1S/C12H20N4O2S/c1-5-13-12(18)16(4)7-11-15-8(2)10(19-11)6-14-9(3)17/h5-7H2,1-4H3,(H,13,18)(H,14,17). The third kappa shape index (κ3) is 4.86. The third-order valence-electron chi connectivity index (χ3n) is 2.48. The molecule has 0 aliphatic carbocycles. The maximum atomic E-state index is 11.6. The van der Waals surface area contributed by atoms with Crippen molar-refractivity contribution < 1.29 is 9.59 Å². The molecule has 0 spiro atoms. The molecule has 0 unspecified atom stereocenters. The molecule has 1 heterocycles. The minimum absolute atomic E-state index is 0.0613. The van der Waals surface area contributed by atoms with Crippen molar-refractivity contribution in [2.24, 2.45) is 0 Å². The second kappa shape index (κ2) is 7.08. The van der Waals surface area contributed by atoms with Crippen LogP contribution in [-0.4, -0.2) is 35.4 Å². The summed E-state index contributed by atoms with van der Waals surface area (Å²) in [7, 11) is 1.73. The Morgan fingerprint density at radius 1 is 1.37 bits per heavy atom. The number of aryl methyl sites for hydroxylation is 1. The lowest BCUT2D eigenvalue weighted by Gasteiger charge is -2.15. The van der Waals surface area contributed by atoms with Gasteiger partial charge in [-0.1, -0.05) is 0 Å². The lowest BCUT2D eigenvalue weighted by atomic mass is 10.4. The molecular formula is C12H20N4O2S. The zero-order valence-electron chi connectivity index (χ0n) is 11.7. The number of carbonyl (C=O) groups is 2. The summed E-state index contributed by atoms with van der Waals surface area (Å²) in [6.45, 7) is 6.84. The molecule has 0 saturated heterocycles. The maximum Gasteiger partial charge on any atom is 0.317 e. The summed E-state index contributed by atoms with van der Waals surface area (Å²) in [6.07, 6.45) is 0. The van der Waals surface area contributed by atoms with E-state index in [9.17, 15) is 9.59 Å². The quantitative estimate of drug-likeness (QED) is 0.854. The van der Waals surface area contributed by atoms with Gasteiger partial charge in [0, 0.05) is 25.4 Å². The molecule has 0 aromatic carbocycles. The number of rotatable bonds is 5. The summed E-state index contributed by atoms with van der Waals surface area (Å²) in [6, 6.07) is -0.112. The molecule has 6 nitrogen and oxygen atoms in total. The number of nitrogens with one attached hydrogen (secondary N) is 2. The summed E-state index contributed by atoms with van der Waals surface area (Å²) in [5.41, 5.74) is 0.901. The second-order valence-corrected chi connectivity index (χ2v) is 5.39. The highest BCUT2D eigenvalue weighted by Gasteiger charge is 2.13. The summed E-state index contributed by atoms with van der Waals surface area (Å²) >= 11 is 1.52. The first-order valence-corrected chi connectivity index (χ1v) is 6.94. The van der Waals surface area contributed by atoms with Crippen LogP contribution in [0.5, 0.6) is 0 Å². The van der Waals surface area contributed by atoms with Crippen molar-refractivity contribution in [1.82, 2.24) is 20.5 Å². The van der Waals surface area contributed by atoms with Gasteiger partial charge in [0.2, 0.25) is 5.91 Å². The fourth-order valence-corrected chi connectivity index (χ4v) is 2.55. The van der Waals surface area contributed by atoms with Gasteiger partial charge in [0.05, 0.1) is 18.8 Å². The van der Waals surface area contributed by atoms with E-state index >= 15 is 0 Å². The topological polar surface area (TPSA) is 74.3 Å². The van der Waals surface area contributed by atoms with Gasteiger partial charge in [-0.15, -0.1) is 11.3 Å². The lowest BCUT2D eigenvalue weighted by Crippen LogP contribution is -2.36. The van der Waals surface area contributed by atoms with Crippen LogP contribution in [0.25, 0.3) is 0 Å². The summed E-state index contributed by atoms with van der Waals surface area (Å²) in [5, 5.41) is 6.35. The molecule has 0 radical (unpaired) electrons. The van der Waals surface area contributed by atoms with E-state index in [0.29, 0.717) is 19.6 Å². The van der Waals surface area contributed by atoms with Crippen molar-refractivity contribution >= 4 is 23.3 Å². The van der Waals surface area contributed by atoms with E-state index in [1.807, 2.05) is 13.8 Å². The van der Waals surface area contributed by atoms with Crippen LogP contribution >= 0.6 is 11.3 Å². The third-order valence-corrected chi connectivity index (χ3v) is 3.62. The Hall–Kier alpha value is -1.63. The van der Waals surface area contributed by atoms with E-state index in [1.54, 1.807) is 11.9 Å². The van der Waals surface area contributed by atoms with Crippen LogP contribution in [0.3, 0.4) is 0 Å². The smallest absolute Gasteiger partial charge is 0.317 e. The van der Waals surface area contributed by atoms with Gasteiger partial charge in [0.25, 0.3) is 0 Å². The van der Waals surface area contributed by atoms with Crippen LogP contribution in [0.4, 0.5) is 4.79 Å². The minimum atomic E-state index is -0.112. The average Bonchev–Trinajstić information content (AvgIpc) is 2.67. The molecular weight excluding hydrogens is 264 g/mol. The Kier molecular flexibility index (Phi) is 5.75. The first kappa shape index (κ1) is 15.4. The molecule has 106 valence electrons. The van der Waals surface area contributed by atoms with Crippen LogP contribution in [0.15, 0.2) is 0 Å². The highest BCUT2D eigenvalue weighted by molar-refractivity contribution is 7.11. The summed E-state index contributed by atoms with van der Waals surface area (Å²) in [5.74, 6) is -0.0613. The SMILES string of the molecule is CCNC(=O)N(C)Cc1nc(C)c(CNC(C)=O)s1. The van der Waals surface area contributed by atoms with Crippen LogP contribution in [0, 0.1) is 6.92 Å². The molecule has 0 aliphatic heterocycles. The van der Waals surface area contributed by atoms with Gasteiger partial charge < -0.3 is 15.5 Å². The van der Waals surface area contributed by atoms with Crippen molar-refractivity contribution in [3.05, 3.63) is 15.6 Å². The molecule has 19 heavy (non-hydrogen) atoms. The molecule has 0 fully saturated rings. The number of hydrogen-bond donors (Lipinski definition) is 2. The van der Waals surface area contributed by atoms with Gasteiger partial charge in [-0.25, -0.2) is 9.78 Å². The van der Waals surface area contributed by atoms with Crippen molar-refractivity contribution in [3.8, 4) is 0 Å². The fourth-order valence-electron chi connectivity index (χ4n) is 1.49. The summed E-state index contributed by atoms with van der Waals surface area (Å²) in [4.78, 5) is 29.5. The van der Waals surface area contributed by atoms with Crippen molar-refractivity contribution in [1.29, 1.82) is 0 Å². The lowest BCUT2D eigenvalue weighted by molar-refractivity contribution is -0.119. The van der Waals surface area contributed by atoms with E-state index in [0.717, 1.165) is 15.6 Å². The summed E-state index contributed by atoms with van der Waals surface area (Å²) < 4.78 is 0. The van der Waals surface area contributed by atoms with E-state index in [1.165, 1.54) is 18.3 Å². The molecule has 2 N–H and O–H groups in total. The second-order valence-electron chi connectivity index (χ2n) is 4.22. The van der Waals surface area contributed by atoms with E-state index in [4.69, 9.17) is 0 Å². The Labute approximate surface area is 117 Å². The van der Waals surface area contributed by atoms with Crippen LogP contribution in [0.1, 0.15) is 29.4 Å². The van der Waals surface area contributed by atoms with Crippen LogP contribution < -0.4 is 10.6 Å². The van der Waals surface area contributed by atoms with Crippen LogP contribution in [-0.2, 0) is 17.9 Å². The molecule has 0 saturated carbocycles. The number of aromatic nitrogens is 1. The van der Waals surface area contributed by atoms with Gasteiger partial charge in [0.15, 0.2) is 0 Å². The van der Waals surface area contributed by atoms with Gasteiger partial charge >= 0.3 is 6.03 Å². The Bertz CT molecular complexity index is 459. The molecule has 0 atom stereocenters. The Balaban J connectivity index is 2.62. The van der Waals surface area contributed by atoms with Gasteiger partial charge in [-0.3, -0.25) is 4.79 Å². The van der Waals surface area contributed by atoms with Crippen molar-refractivity contribution in [2.75, 3.05) is 13.6 Å². The number of hydrogen-bond acceptors (Lipinski definition) is 4. The highest BCUT2D eigenvalue weighted by Crippen LogP contribution is 2.19. The predicted octanol–water partition coefficient (Wildman–Crippen LogP) is 1.25. The van der Waals surface area contributed by atoms with E-state index < -0.39 is 0 Å². The molecule has 7 heteroatoms. The highest BCUT2D eigenvalue weighted by atomic mass is 32.1. The fraction of sp³-hybridized carbons (Fsp3) is 0.583.